The molecule has 104 valence electrons. The van der Waals surface area contributed by atoms with Crippen molar-refractivity contribution in [2.24, 2.45) is 0 Å². The third kappa shape index (κ3) is 2.95. The largest absolute Gasteiger partial charge is 0.349 e. The van der Waals surface area contributed by atoms with Gasteiger partial charge in [0.2, 0.25) is 0 Å². The van der Waals surface area contributed by atoms with Crippen molar-refractivity contribution in [2.45, 2.75) is 44.6 Å². The van der Waals surface area contributed by atoms with Crippen LogP contribution in [0.3, 0.4) is 0 Å². The zero-order valence-electron chi connectivity index (χ0n) is 11.5. The highest BCUT2D eigenvalue weighted by molar-refractivity contribution is 5.97. The summed E-state index contributed by atoms with van der Waals surface area (Å²) in [6, 6.07) is 5.81. The Morgan fingerprint density at radius 3 is 2.45 bits per heavy atom. The van der Waals surface area contributed by atoms with E-state index < -0.39 is 0 Å². The Hall–Kier alpha value is -1.97. The van der Waals surface area contributed by atoms with Crippen LogP contribution < -0.4 is 5.32 Å². The molecule has 0 saturated heterocycles. The molecule has 0 bridgehead atoms. The highest BCUT2D eigenvalue weighted by Crippen LogP contribution is 2.18. The van der Waals surface area contributed by atoms with Crippen LogP contribution in [0.15, 0.2) is 30.6 Å². The molecule has 1 aromatic carbocycles. The van der Waals surface area contributed by atoms with Gasteiger partial charge in [0.25, 0.3) is 5.91 Å². The van der Waals surface area contributed by atoms with Crippen molar-refractivity contribution in [3.05, 3.63) is 36.2 Å². The zero-order valence-corrected chi connectivity index (χ0v) is 11.5. The van der Waals surface area contributed by atoms with E-state index in [1.807, 2.05) is 18.2 Å². The molecule has 0 spiro atoms. The van der Waals surface area contributed by atoms with Crippen LogP contribution in [0.1, 0.15) is 48.9 Å². The molecule has 1 fully saturated rings. The lowest BCUT2D eigenvalue weighted by atomic mass is 10.1. The number of fused-ring (bicyclic) bond motifs is 1. The van der Waals surface area contributed by atoms with Crippen LogP contribution >= 0.6 is 0 Å². The summed E-state index contributed by atoms with van der Waals surface area (Å²) in [7, 11) is 0. The van der Waals surface area contributed by atoms with Gasteiger partial charge in [0.05, 0.1) is 11.0 Å². The second kappa shape index (κ2) is 5.99. The molecule has 1 N–H and O–H groups in total. The van der Waals surface area contributed by atoms with Gasteiger partial charge in [0, 0.05) is 24.0 Å². The molecule has 1 aromatic heterocycles. The number of aromatic nitrogens is 2. The Kier molecular flexibility index (Phi) is 3.90. The number of nitrogens with zero attached hydrogens (tertiary/aromatic N) is 2. The number of carbonyl (C=O) groups excluding carboxylic acids is 1. The fraction of sp³-hybridized carbons (Fsp3) is 0.438. The number of amides is 1. The first-order valence-electron chi connectivity index (χ1n) is 7.34. The molecule has 4 heteroatoms. The van der Waals surface area contributed by atoms with E-state index in [1.54, 1.807) is 12.4 Å². The lowest BCUT2D eigenvalue weighted by Gasteiger charge is -2.16. The summed E-state index contributed by atoms with van der Waals surface area (Å²) in [5.74, 6) is 0.00412. The molecule has 1 amide bonds. The summed E-state index contributed by atoms with van der Waals surface area (Å²) in [5, 5.41) is 3.15. The molecule has 0 aliphatic heterocycles. The topological polar surface area (TPSA) is 54.9 Å². The van der Waals surface area contributed by atoms with Gasteiger partial charge in [-0.1, -0.05) is 25.7 Å². The van der Waals surface area contributed by atoms with Gasteiger partial charge in [0.1, 0.15) is 0 Å². The average molecular weight is 269 g/mol. The van der Waals surface area contributed by atoms with Crippen molar-refractivity contribution >= 4 is 16.9 Å². The predicted molar refractivity (Wildman–Crippen MR) is 78.5 cm³/mol. The van der Waals surface area contributed by atoms with Crippen molar-refractivity contribution in [3.8, 4) is 0 Å². The van der Waals surface area contributed by atoms with Crippen LogP contribution in [0.4, 0.5) is 0 Å². The smallest absolute Gasteiger partial charge is 0.251 e. The molecule has 4 nitrogen and oxygen atoms in total. The molecule has 0 radical (unpaired) electrons. The van der Waals surface area contributed by atoms with E-state index in [9.17, 15) is 4.79 Å². The van der Waals surface area contributed by atoms with Crippen molar-refractivity contribution in [3.63, 3.8) is 0 Å². The molecule has 2 aromatic rings. The van der Waals surface area contributed by atoms with Gasteiger partial charge in [-0.15, -0.1) is 0 Å². The monoisotopic (exact) mass is 269 g/mol. The third-order valence-corrected chi connectivity index (χ3v) is 3.92. The second-order valence-electron chi connectivity index (χ2n) is 5.42. The Bertz CT molecular complexity index is 603. The molecule has 0 unspecified atom stereocenters. The molecule has 1 heterocycles. The maximum Gasteiger partial charge on any atom is 0.251 e. The number of rotatable bonds is 2. The van der Waals surface area contributed by atoms with Crippen molar-refractivity contribution in [1.82, 2.24) is 15.3 Å². The molecular formula is C16H19N3O. The van der Waals surface area contributed by atoms with Crippen molar-refractivity contribution in [1.29, 1.82) is 0 Å². The number of nitrogens with one attached hydrogen (secondary N) is 1. The van der Waals surface area contributed by atoms with E-state index >= 15 is 0 Å². The standard InChI is InChI=1S/C16H19N3O/c20-16(19-13-5-3-1-2-4-6-13)12-7-8-14-15(11-12)18-10-9-17-14/h7-11,13H,1-6H2,(H,19,20). The summed E-state index contributed by atoms with van der Waals surface area (Å²) in [6.45, 7) is 0. The minimum Gasteiger partial charge on any atom is -0.349 e. The fourth-order valence-electron chi connectivity index (χ4n) is 2.80. The minimum absolute atomic E-state index is 0.00412. The van der Waals surface area contributed by atoms with Crippen LogP contribution in [0.25, 0.3) is 11.0 Å². The molecule has 1 saturated carbocycles. The van der Waals surface area contributed by atoms with Gasteiger partial charge in [-0.2, -0.15) is 0 Å². The highest BCUT2D eigenvalue weighted by atomic mass is 16.1. The van der Waals surface area contributed by atoms with E-state index in [2.05, 4.69) is 15.3 Å². The summed E-state index contributed by atoms with van der Waals surface area (Å²) in [6.07, 6.45) is 10.5. The van der Waals surface area contributed by atoms with Crippen molar-refractivity contribution in [2.75, 3.05) is 0 Å². The lowest BCUT2D eigenvalue weighted by Crippen LogP contribution is -2.34. The normalized spacial score (nSPS) is 16.8. The van der Waals surface area contributed by atoms with Crippen LogP contribution in [0.5, 0.6) is 0 Å². The van der Waals surface area contributed by atoms with Gasteiger partial charge in [-0.3, -0.25) is 14.8 Å². The van der Waals surface area contributed by atoms with E-state index in [4.69, 9.17) is 0 Å². The first-order chi connectivity index (χ1) is 9.83. The zero-order chi connectivity index (χ0) is 13.8. The summed E-state index contributed by atoms with van der Waals surface area (Å²) >= 11 is 0. The van der Waals surface area contributed by atoms with Gasteiger partial charge in [-0.25, -0.2) is 0 Å². The Morgan fingerprint density at radius 2 is 1.70 bits per heavy atom. The van der Waals surface area contributed by atoms with E-state index in [1.165, 1.54) is 25.7 Å². The molecule has 0 atom stereocenters. The van der Waals surface area contributed by atoms with Crippen LogP contribution in [-0.2, 0) is 0 Å². The second-order valence-corrected chi connectivity index (χ2v) is 5.42. The number of hydrogen-bond donors (Lipinski definition) is 1. The number of benzene rings is 1. The van der Waals surface area contributed by atoms with E-state index in [0.717, 1.165) is 23.9 Å². The summed E-state index contributed by atoms with van der Waals surface area (Å²) in [5.41, 5.74) is 2.25. The Labute approximate surface area is 118 Å². The highest BCUT2D eigenvalue weighted by Gasteiger charge is 2.16. The fourth-order valence-corrected chi connectivity index (χ4v) is 2.80. The lowest BCUT2D eigenvalue weighted by molar-refractivity contribution is 0.0933. The first kappa shape index (κ1) is 13.0. The molecule has 20 heavy (non-hydrogen) atoms. The predicted octanol–water partition coefficient (Wildman–Crippen LogP) is 3.08. The van der Waals surface area contributed by atoms with Gasteiger partial charge in [0.15, 0.2) is 0 Å². The average Bonchev–Trinajstić information content (AvgIpc) is 2.75. The Morgan fingerprint density at radius 1 is 1.00 bits per heavy atom. The van der Waals surface area contributed by atoms with Gasteiger partial charge >= 0.3 is 0 Å². The quantitative estimate of drug-likeness (QED) is 0.852. The van der Waals surface area contributed by atoms with E-state index in [0.29, 0.717) is 11.6 Å². The Balaban J connectivity index is 1.74. The van der Waals surface area contributed by atoms with Gasteiger partial charge < -0.3 is 5.32 Å². The number of hydrogen-bond acceptors (Lipinski definition) is 3. The minimum atomic E-state index is 0.00412. The summed E-state index contributed by atoms with van der Waals surface area (Å²) in [4.78, 5) is 20.8. The van der Waals surface area contributed by atoms with Gasteiger partial charge in [-0.05, 0) is 31.0 Å². The molecule has 3 rings (SSSR count). The van der Waals surface area contributed by atoms with E-state index in [-0.39, 0.29) is 5.91 Å². The first-order valence-corrected chi connectivity index (χ1v) is 7.34. The third-order valence-electron chi connectivity index (χ3n) is 3.92. The number of carbonyl (C=O) groups is 1. The van der Waals surface area contributed by atoms with Crippen LogP contribution in [-0.4, -0.2) is 21.9 Å². The van der Waals surface area contributed by atoms with Crippen LogP contribution in [0, 0.1) is 0 Å². The SMILES string of the molecule is O=C(NC1CCCCCC1)c1ccc2nccnc2c1. The molecular weight excluding hydrogens is 250 g/mol. The van der Waals surface area contributed by atoms with Crippen molar-refractivity contribution < 1.29 is 4.79 Å². The molecule has 1 aliphatic carbocycles. The van der Waals surface area contributed by atoms with Crippen LogP contribution in [0.2, 0.25) is 0 Å². The molecule has 1 aliphatic rings. The maximum atomic E-state index is 12.3. The maximum absolute atomic E-state index is 12.3. The summed E-state index contributed by atoms with van der Waals surface area (Å²) < 4.78 is 0.